The second-order valence-electron chi connectivity index (χ2n) is 2.76. The number of carbonyl (C=O) groups is 1. The van der Waals surface area contributed by atoms with Crippen LogP contribution in [-0.2, 0) is 4.79 Å². The Hall–Kier alpha value is -0.930. The highest BCUT2D eigenvalue weighted by atomic mass is 35.5. The number of rotatable bonds is 2. The van der Waals surface area contributed by atoms with Crippen LogP contribution in [0.25, 0.3) is 0 Å². The Morgan fingerprint density at radius 1 is 1.62 bits per heavy atom. The fraction of sp³-hybridized carbons (Fsp3) is 0.222. The molecule has 0 aliphatic rings. The van der Waals surface area contributed by atoms with Crippen LogP contribution in [0.1, 0.15) is 18.5 Å². The molecule has 0 saturated carbocycles. The van der Waals surface area contributed by atoms with Crippen LogP contribution >= 0.6 is 11.6 Å². The van der Waals surface area contributed by atoms with E-state index in [4.69, 9.17) is 17.3 Å². The van der Waals surface area contributed by atoms with Crippen LogP contribution in [0.5, 0.6) is 0 Å². The number of halogens is 2. The van der Waals surface area contributed by atoms with Gasteiger partial charge in [0.05, 0.1) is 11.1 Å². The van der Waals surface area contributed by atoms with Gasteiger partial charge < -0.3 is 5.73 Å². The first kappa shape index (κ1) is 10.2. The lowest BCUT2D eigenvalue weighted by Crippen LogP contribution is -2.18. The molecule has 1 aromatic carbocycles. The summed E-state index contributed by atoms with van der Waals surface area (Å²) in [6, 6.07) is 3.33. The fourth-order valence-corrected chi connectivity index (χ4v) is 1.06. The minimum absolute atomic E-state index is 0.0273. The third-order valence-electron chi connectivity index (χ3n) is 1.74. The van der Waals surface area contributed by atoms with Crippen LogP contribution < -0.4 is 5.73 Å². The summed E-state index contributed by atoms with van der Waals surface area (Å²) in [5.41, 5.74) is 5.94. The Balaban J connectivity index is 3.03. The summed E-state index contributed by atoms with van der Waals surface area (Å²) in [7, 11) is 0. The number of ketones is 1. The lowest BCUT2D eigenvalue weighted by Gasteiger charge is -2.07. The maximum absolute atomic E-state index is 12.9. The normalized spacial score (nSPS) is 12.6. The van der Waals surface area contributed by atoms with Gasteiger partial charge in [0.15, 0.2) is 5.78 Å². The maximum atomic E-state index is 12.9. The molecule has 0 aliphatic heterocycles. The highest BCUT2D eigenvalue weighted by Gasteiger charge is 2.12. The molecule has 0 heterocycles. The molecule has 0 amide bonds. The smallest absolute Gasteiger partial charge is 0.150 e. The Bertz CT molecular complexity index is 340. The first-order chi connectivity index (χ1) is 6.02. The Kier molecular flexibility index (Phi) is 3.01. The zero-order valence-corrected chi connectivity index (χ0v) is 7.81. The molecular weight excluding hydrogens is 193 g/mol. The predicted octanol–water partition coefficient (Wildman–Crippen LogP) is 2.07. The van der Waals surface area contributed by atoms with Gasteiger partial charge in [-0.15, -0.1) is 0 Å². The van der Waals surface area contributed by atoms with Gasteiger partial charge in [0.1, 0.15) is 5.82 Å². The predicted molar refractivity (Wildman–Crippen MR) is 49.0 cm³/mol. The maximum Gasteiger partial charge on any atom is 0.150 e. The minimum atomic E-state index is -0.772. The van der Waals surface area contributed by atoms with Crippen LogP contribution in [0.15, 0.2) is 18.2 Å². The van der Waals surface area contributed by atoms with Crippen molar-refractivity contribution in [2.75, 3.05) is 0 Å². The van der Waals surface area contributed by atoms with Gasteiger partial charge in [0, 0.05) is 0 Å². The number of carbonyl (C=O) groups excluding carboxylic acids is 1. The van der Waals surface area contributed by atoms with E-state index in [-0.39, 0.29) is 10.8 Å². The van der Waals surface area contributed by atoms with Gasteiger partial charge >= 0.3 is 0 Å². The minimum Gasteiger partial charge on any atom is -0.318 e. The molecule has 0 aliphatic carbocycles. The van der Waals surface area contributed by atoms with Gasteiger partial charge in [-0.3, -0.25) is 4.79 Å². The first-order valence-corrected chi connectivity index (χ1v) is 4.11. The number of nitrogens with two attached hydrogens (primary N) is 1. The summed E-state index contributed by atoms with van der Waals surface area (Å²) in [5.74, 6) is -0.766. The third kappa shape index (κ3) is 2.26. The van der Waals surface area contributed by atoms with Crippen molar-refractivity contribution >= 4 is 17.4 Å². The van der Waals surface area contributed by atoms with Crippen molar-refractivity contribution < 1.29 is 9.18 Å². The monoisotopic (exact) mass is 201 g/mol. The Morgan fingerprint density at radius 3 is 2.69 bits per heavy atom. The SMILES string of the molecule is CC(=O)C(N)c1ccc(Cl)c(F)c1. The molecule has 1 unspecified atom stereocenters. The Labute approximate surface area is 80.5 Å². The number of Topliss-reactive ketones (excluding diaryl/α,β-unsaturated/α-hetero) is 1. The van der Waals surface area contributed by atoms with Gasteiger partial charge in [-0.25, -0.2) is 4.39 Å². The van der Waals surface area contributed by atoms with E-state index >= 15 is 0 Å². The summed E-state index contributed by atoms with van der Waals surface area (Å²) in [6.45, 7) is 1.36. The van der Waals surface area contributed by atoms with Crippen LogP contribution in [0.2, 0.25) is 5.02 Å². The van der Waals surface area contributed by atoms with Crippen LogP contribution in [-0.4, -0.2) is 5.78 Å². The average molecular weight is 202 g/mol. The molecule has 13 heavy (non-hydrogen) atoms. The van der Waals surface area contributed by atoms with E-state index in [2.05, 4.69) is 0 Å². The molecular formula is C9H9ClFNO. The van der Waals surface area contributed by atoms with E-state index in [0.717, 1.165) is 0 Å². The van der Waals surface area contributed by atoms with Gasteiger partial charge in [-0.05, 0) is 24.6 Å². The molecule has 1 atom stereocenters. The van der Waals surface area contributed by atoms with Crippen molar-refractivity contribution in [1.82, 2.24) is 0 Å². The fourth-order valence-electron chi connectivity index (χ4n) is 0.941. The van der Waals surface area contributed by atoms with Crippen molar-refractivity contribution in [3.05, 3.63) is 34.6 Å². The lowest BCUT2D eigenvalue weighted by atomic mass is 10.0. The molecule has 1 aromatic rings. The zero-order valence-electron chi connectivity index (χ0n) is 7.05. The lowest BCUT2D eigenvalue weighted by molar-refractivity contribution is -0.118. The highest BCUT2D eigenvalue weighted by Crippen LogP contribution is 2.19. The molecule has 0 bridgehead atoms. The van der Waals surface area contributed by atoms with E-state index in [1.165, 1.54) is 25.1 Å². The van der Waals surface area contributed by atoms with Crippen LogP contribution in [0.4, 0.5) is 4.39 Å². The molecule has 4 heteroatoms. The molecule has 2 N–H and O–H groups in total. The van der Waals surface area contributed by atoms with E-state index < -0.39 is 11.9 Å². The van der Waals surface area contributed by atoms with E-state index in [1.807, 2.05) is 0 Å². The summed E-state index contributed by atoms with van der Waals surface area (Å²) in [5, 5.41) is 0.0273. The highest BCUT2D eigenvalue weighted by molar-refractivity contribution is 6.30. The molecule has 0 aromatic heterocycles. The molecule has 0 spiro atoms. The number of hydrogen-bond acceptors (Lipinski definition) is 2. The Morgan fingerprint density at radius 2 is 2.23 bits per heavy atom. The summed E-state index contributed by atoms with van der Waals surface area (Å²) in [6.07, 6.45) is 0. The largest absolute Gasteiger partial charge is 0.318 e. The van der Waals surface area contributed by atoms with E-state index in [1.54, 1.807) is 0 Å². The van der Waals surface area contributed by atoms with Crippen LogP contribution in [0, 0.1) is 5.82 Å². The molecule has 1 rings (SSSR count). The molecule has 0 radical (unpaired) electrons. The molecule has 70 valence electrons. The first-order valence-electron chi connectivity index (χ1n) is 3.73. The van der Waals surface area contributed by atoms with E-state index in [9.17, 15) is 9.18 Å². The van der Waals surface area contributed by atoms with Crippen molar-refractivity contribution in [3.63, 3.8) is 0 Å². The quantitative estimate of drug-likeness (QED) is 0.796. The topological polar surface area (TPSA) is 43.1 Å². The molecule has 0 fully saturated rings. The second kappa shape index (κ2) is 3.85. The number of benzene rings is 1. The standard InChI is InChI=1S/C9H9ClFNO/c1-5(13)9(12)6-2-3-7(10)8(11)4-6/h2-4,9H,12H2,1H3. The van der Waals surface area contributed by atoms with Crippen molar-refractivity contribution in [3.8, 4) is 0 Å². The average Bonchev–Trinajstić information content (AvgIpc) is 2.08. The van der Waals surface area contributed by atoms with Crippen LogP contribution in [0.3, 0.4) is 0 Å². The van der Waals surface area contributed by atoms with Gasteiger partial charge in [0.2, 0.25) is 0 Å². The van der Waals surface area contributed by atoms with Gasteiger partial charge in [-0.1, -0.05) is 17.7 Å². The third-order valence-corrected chi connectivity index (χ3v) is 2.05. The second-order valence-corrected chi connectivity index (χ2v) is 3.17. The summed E-state index contributed by atoms with van der Waals surface area (Å²) >= 11 is 5.46. The number of hydrogen-bond donors (Lipinski definition) is 1. The molecule has 0 saturated heterocycles. The molecule has 2 nitrogen and oxygen atoms in total. The van der Waals surface area contributed by atoms with E-state index in [0.29, 0.717) is 5.56 Å². The zero-order chi connectivity index (χ0) is 10.0. The van der Waals surface area contributed by atoms with Crippen molar-refractivity contribution in [2.45, 2.75) is 13.0 Å². The summed E-state index contributed by atoms with van der Waals surface area (Å²) < 4.78 is 12.9. The van der Waals surface area contributed by atoms with Crippen molar-refractivity contribution in [1.29, 1.82) is 0 Å². The summed E-state index contributed by atoms with van der Waals surface area (Å²) in [4.78, 5) is 10.9. The van der Waals surface area contributed by atoms with Crippen molar-refractivity contribution in [2.24, 2.45) is 5.73 Å². The van der Waals surface area contributed by atoms with Gasteiger partial charge in [0.25, 0.3) is 0 Å². The van der Waals surface area contributed by atoms with Gasteiger partial charge in [-0.2, -0.15) is 0 Å².